The minimum Gasteiger partial charge on any atom is -0.342 e. The highest BCUT2D eigenvalue weighted by molar-refractivity contribution is 7.19. The second-order valence-corrected chi connectivity index (χ2v) is 7.00. The number of hydrogen-bond donors (Lipinski definition) is 0. The number of amides is 1. The summed E-state index contributed by atoms with van der Waals surface area (Å²) in [6.45, 7) is 6.55. The number of rotatable bonds is 5. The summed E-state index contributed by atoms with van der Waals surface area (Å²) in [5.74, 6) is -0.531. The molecule has 0 bridgehead atoms. The van der Waals surface area contributed by atoms with Gasteiger partial charge in [-0.3, -0.25) is 9.59 Å². The van der Waals surface area contributed by atoms with Crippen LogP contribution in [0.1, 0.15) is 18.9 Å². The molecule has 2 heterocycles. The Labute approximate surface area is 153 Å². The third-order valence-electron chi connectivity index (χ3n) is 4.13. The molecule has 2 aromatic heterocycles. The van der Waals surface area contributed by atoms with E-state index in [9.17, 15) is 14.0 Å². The van der Waals surface area contributed by atoms with E-state index < -0.39 is 5.56 Å². The smallest absolute Gasteiger partial charge is 0.294 e. The number of likely N-dealkylation sites (N-methyl/N-ethyl adjacent to an activating group) is 1. The topological polar surface area (TPSA) is 68.1 Å². The normalized spacial score (nSPS) is 11.1. The van der Waals surface area contributed by atoms with Crippen LogP contribution in [0.25, 0.3) is 21.5 Å². The van der Waals surface area contributed by atoms with Gasteiger partial charge in [0, 0.05) is 18.7 Å². The third kappa shape index (κ3) is 3.37. The van der Waals surface area contributed by atoms with Gasteiger partial charge in [0.15, 0.2) is 5.52 Å². The lowest BCUT2D eigenvalue weighted by Crippen LogP contribution is -2.37. The molecular weight excluding hydrogens is 355 g/mol. The number of carbonyl (C=O) groups is 1. The molecule has 26 heavy (non-hydrogen) atoms. The van der Waals surface area contributed by atoms with E-state index in [0.29, 0.717) is 29.0 Å². The summed E-state index contributed by atoms with van der Waals surface area (Å²) in [6, 6.07) is 5.89. The highest BCUT2D eigenvalue weighted by atomic mass is 32.1. The zero-order valence-electron chi connectivity index (χ0n) is 14.8. The fourth-order valence-corrected chi connectivity index (χ4v) is 3.69. The first-order valence-corrected chi connectivity index (χ1v) is 9.18. The zero-order valence-corrected chi connectivity index (χ0v) is 15.6. The molecule has 0 saturated carbocycles. The quantitative estimate of drug-likeness (QED) is 0.689. The van der Waals surface area contributed by atoms with Gasteiger partial charge in [-0.1, -0.05) is 0 Å². The fraction of sp³-hybridized carbons (Fsp3) is 0.333. The van der Waals surface area contributed by atoms with Gasteiger partial charge < -0.3 is 4.90 Å². The summed E-state index contributed by atoms with van der Waals surface area (Å²) in [4.78, 5) is 31.1. The van der Waals surface area contributed by atoms with Crippen LogP contribution in [-0.2, 0) is 11.3 Å². The molecule has 0 N–H and O–H groups in total. The summed E-state index contributed by atoms with van der Waals surface area (Å²) < 4.78 is 15.1. The van der Waals surface area contributed by atoms with Crippen molar-refractivity contribution in [1.29, 1.82) is 0 Å². The summed E-state index contributed by atoms with van der Waals surface area (Å²) in [7, 11) is 0. The SMILES string of the molecule is CCN(CC)C(=O)Cn1nc(-c2ccc(F)cc2)c2sc(C)nc2c1=O. The number of halogens is 1. The van der Waals surface area contributed by atoms with E-state index in [4.69, 9.17) is 0 Å². The second kappa shape index (κ2) is 7.33. The Morgan fingerprint density at radius 3 is 2.50 bits per heavy atom. The van der Waals surface area contributed by atoms with Crippen molar-refractivity contribution in [3.05, 3.63) is 45.4 Å². The van der Waals surface area contributed by atoms with E-state index in [1.54, 1.807) is 17.0 Å². The molecule has 0 radical (unpaired) electrons. The molecule has 0 aliphatic rings. The lowest BCUT2D eigenvalue weighted by Gasteiger charge is -2.19. The molecular formula is C18H19FN4O2S. The molecule has 0 saturated heterocycles. The number of thiazole rings is 1. The number of aromatic nitrogens is 3. The van der Waals surface area contributed by atoms with Gasteiger partial charge in [-0.2, -0.15) is 5.10 Å². The van der Waals surface area contributed by atoms with Gasteiger partial charge in [0.25, 0.3) is 5.56 Å². The minimum atomic E-state index is -0.393. The van der Waals surface area contributed by atoms with Crippen LogP contribution in [0.2, 0.25) is 0 Å². The first-order valence-electron chi connectivity index (χ1n) is 8.36. The van der Waals surface area contributed by atoms with E-state index in [-0.39, 0.29) is 23.8 Å². The van der Waals surface area contributed by atoms with Gasteiger partial charge >= 0.3 is 0 Å². The van der Waals surface area contributed by atoms with Gasteiger partial charge in [0.2, 0.25) is 5.91 Å². The molecule has 1 amide bonds. The van der Waals surface area contributed by atoms with Gasteiger partial charge in [0.1, 0.15) is 18.1 Å². The van der Waals surface area contributed by atoms with Crippen LogP contribution in [-0.4, -0.2) is 38.7 Å². The van der Waals surface area contributed by atoms with Crippen LogP contribution in [0.5, 0.6) is 0 Å². The molecule has 0 aliphatic carbocycles. The predicted molar refractivity (Wildman–Crippen MR) is 99.7 cm³/mol. The average molecular weight is 374 g/mol. The van der Waals surface area contributed by atoms with Crippen molar-refractivity contribution in [3.8, 4) is 11.3 Å². The number of nitrogens with zero attached hydrogens (tertiary/aromatic N) is 4. The van der Waals surface area contributed by atoms with Crippen molar-refractivity contribution in [2.75, 3.05) is 13.1 Å². The molecule has 6 nitrogen and oxygen atoms in total. The van der Waals surface area contributed by atoms with Crippen molar-refractivity contribution < 1.29 is 9.18 Å². The summed E-state index contributed by atoms with van der Waals surface area (Å²) >= 11 is 1.36. The molecule has 0 atom stereocenters. The molecule has 0 aliphatic heterocycles. The van der Waals surface area contributed by atoms with E-state index >= 15 is 0 Å². The number of aryl methyl sites for hydroxylation is 1. The summed E-state index contributed by atoms with van der Waals surface area (Å²) in [5, 5.41) is 5.14. The van der Waals surface area contributed by atoms with Crippen molar-refractivity contribution >= 4 is 27.5 Å². The first kappa shape index (κ1) is 18.2. The van der Waals surface area contributed by atoms with Crippen LogP contribution in [0.4, 0.5) is 4.39 Å². The first-order chi connectivity index (χ1) is 12.4. The number of hydrogen-bond acceptors (Lipinski definition) is 5. The number of fused-ring (bicyclic) bond motifs is 1. The Kier molecular flexibility index (Phi) is 5.13. The molecule has 0 spiro atoms. The lowest BCUT2D eigenvalue weighted by atomic mass is 10.1. The molecule has 8 heteroatoms. The Bertz CT molecular complexity index is 1010. The number of benzene rings is 1. The largest absolute Gasteiger partial charge is 0.342 e. The fourth-order valence-electron chi connectivity index (χ4n) is 2.77. The van der Waals surface area contributed by atoms with Gasteiger partial charge in [0.05, 0.1) is 9.71 Å². The Morgan fingerprint density at radius 1 is 1.23 bits per heavy atom. The maximum atomic E-state index is 13.3. The lowest BCUT2D eigenvalue weighted by molar-refractivity contribution is -0.131. The van der Waals surface area contributed by atoms with Gasteiger partial charge in [-0.15, -0.1) is 11.3 Å². The second-order valence-electron chi connectivity index (χ2n) is 5.79. The van der Waals surface area contributed by atoms with Crippen LogP contribution >= 0.6 is 11.3 Å². The predicted octanol–water partition coefficient (Wildman–Crippen LogP) is 2.84. The molecule has 1 aromatic carbocycles. The maximum absolute atomic E-state index is 13.3. The van der Waals surface area contributed by atoms with E-state index in [2.05, 4.69) is 10.1 Å². The summed E-state index contributed by atoms with van der Waals surface area (Å²) in [6.07, 6.45) is 0. The highest BCUT2D eigenvalue weighted by Gasteiger charge is 2.19. The summed E-state index contributed by atoms with van der Waals surface area (Å²) in [5.41, 5.74) is 1.09. The van der Waals surface area contributed by atoms with E-state index in [1.165, 1.54) is 23.5 Å². The Hall–Kier alpha value is -2.61. The Morgan fingerprint density at radius 2 is 1.88 bits per heavy atom. The standard InChI is InChI=1S/C18H19FN4O2S/c1-4-22(5-2)14(24)10-23-18(25)16-17(26-11(3)20-16)15(21-23)12-6-8-13(19)9-7-12/h6-9H,4-5,10H2,1-3H3. The Balaban J connectivity index is 2.15. The molecule has 3 rings (SSSR count). The molecule has 3 aromatic rings. The van der Waals surface area contributed by atoms with Crippen molar-refractivity contribution in [3.63, 3.8) is 0 Å². The minimum absolute atomic E-state index is 0.152. The van der Waals surface area contributed by atoms with Crippen molar-refractivity contribution in [2.24, 2.45) is 0 Å². The van der Waals surface area contributed by atoms with Crippen molar-refractivity contribution in [1.82, 2.24) is 19.7 Å². The number of carbonyl (C=O) groups excluding carboxylic acids is 1. The van der Waals surface area contributed by atoms with Crippen LogP contribution in [0.15, 0.2) is 29.1 Å². The van der Waals surface area contributed by atoms with Crippen LogP contribution in [0.3, 0.4) is 0 Å². The molecule has 0 unspecified atom stereocenters. The van der Waals surface area contributed by atoms with Crippen LogP contribution in [0, 0.1) is 12.7 Å². The van der Waals surface area contributed by atoms with Gasteiger partial charge in [-0.05, 0) is 45.0 Å². The highest BCUT2D eigenvalue weighted by Crippen LogP contribution is 2.29. The third-order valence-corrected chi connectivity index (χ3v) is 5.10. The molecule has 136 valence electrons. The van der Waals surface area contributed by atoms with E-state index in [1.807, 2.05) is 20.8 Å². The maximum Gasteiger partial charge on any atom is 0.294 e. The molecule has 0 fully saturated rings. The van der Waals surface area contributed by atoms with E-state index in [0.717, 1.165) is 9.69 Å². The zero-order chi connectivity index (χ0) is 18.8. The monoisotopic (exact) mass is 374 g/mol. The average Bonchev–Trinajstić information content (AvgIpc) is 3.01. The van der Waals surface area contributed by atoms with Crippen LogP contribution < -0.4 is 5.56 Å². The van der Waals surface area contributed by atoms with Crippen molar-refractivity contribution in [2.45, 2.75) is 27.3 Å². The van der Waals surface area contributed by atoms with Gasteiger partial charge in [-0.25, -0.2) is 14.1 Å².